The normalized spacial score (nSPS) is 10.4. The van der Waals surface area contributed by atoms with Crippen LogP contribution in [0.4, 0.5) is 0 Å². The van der Waals surface area contributed by atoms with Gasteiger partial charge in [-0.15, -0.1) is 0 Å². The van der Waals surface area contributed by atoms with Crippen LogP contribution in [0, 0.1) is 0 Å². The van der Waals surface area contributed by atoms with Crippen molar-refractivity contribution in [3.8, 4) is 17.1 Å². The molecule has 0 unspecified atom stereocenters. The average Bonchev–Trinajstić information content (AvgIpc) is 2.76. The minimum Gasteiger partial charge on any atom is -0.507 e. The summed E-state index contributed by atoms with van der Waals surface area (Å²) >= 11 is 0. The highest BCUT2D eigenvalue weighted by atomic mass is 16.4. The van der Waals surface area contributed by atoms with Crippen molar-refractivity contribution in [1.29, 1.82) is 0 Å². The number of phenolic OH excluding ortho intramolecular Hbond substituents is 1. The first-order chi connectivity index (χ1) is 8.13. The largest absolute Gasteiger partial charge is 0.507 e. The Morgan fingerprint density at radius 2 is 2.24 bits per heavy atom. The predicted molar refractivity (Wildman–Crippen MR) is 62.0 cm³/mol. The molecule has 0 saturated heterocycles. The molecule has 5 heteroatoms. The van der Waals surface area contributed by atoms with Crippen molar-refractivity contribution in [1.82, 2.24) is 9.55 Å². The number of aryl methyl sites for hydroxylation is 1. The third-order valence-electron chi connectivity index (χ3n) is 2.54. The van der Waals surface area contributed by atoms with Crippen LogP contribution in [0.5, 0.6) is 5.75 Å². The van der Waals surface area contributed by atoms with Crippen molar-refractivity contribution in [3.05, 3.63) is 36.2 Å². The molecule has 17 heavy (non-hydrogen) atoms. The number of carbonyl (C=O) groups is 1. The number of carboxylic acid groups (broad SMARTS) is 1. The summed E-state index contributed by atoms with van der Waals surface area (Å²) in [7, 11) is 0. The first kappa shape index (κ1) is 11.2. The van der Waals surface area contributed by atoms with Crippen molar-refractivity contribution in [2.75, 3.05) is 0 Å². The molecule has 0 aliphatic rings. The molecule has 5 nitrogen and oxygen atoms in total. The van der Waals surface area contributed by atoms with Crippen LogP contribution in [0.15, 0.2) is 30.6 Å². The van der Waals surface area contributed by atoms with Crippen LogP contribution in [0.3, 0.4) is 0 Å². The lowest BCUT2D eigenvalue weighted by Crippen LogP contribution is -1.99. The Bertz CT molecular complexity index is 561. The van der Waals surface area contributed by atoms with E-state index in [2.05, 4.69) is 4.98 Å². The van der Waals surface area contributed by atoms with Gasteiger partial charge in [-0.2, -0.15) is 0 Å². The summed E-state index contributed by atoms with van der Waals surface area (Å²) in [6, 6.07) is 4.24. The number of phenols is 1. The molecule has 1 aromatic heterocycles. The van der Waals surface area contributed by atoms with Crippen LogP contribution in [0.25, 0.3) is 11.4 Å². The molecule has 0 atom stereocenters. The third-order valence-corrected chi connectivity index (χ3v) is 2.54. The van der Waals surface area contributed by atoms with Gasteiger partial charge in [0.25, 0.3) is 0 Å². The summed E-state index contributed by atoms with van der Waals surface area (Å²) in [5.41, 5.74) is 0.586. The van der Waals surface area contributed by atoms with Crippen molar-refractivity contribution in [2.24, 2.45) is 0 Å². The Kier molecular flexibility index (Phi) is 2.82. The van der Waals surface area contributed by atoms with Crippen molar-refractivity contribution < 1.29 is 15.0 Å². The summed E-state index contributed by atoms with van der Waals surface area (Å²) in [4.78, 5) is 14.9. The molecule has 0 fully saturated rings. The fraction of sp³-hybridized carbons (Fsp3) is 0.167. The summed E-state index contributed by atoms with van der Waals surface area (Å²) in [5, 5.41) is 18.6. The van der Waals surface area contributed by atoms with E-state index in [0.29, 0.717) is 11.4 Å². The molecule has 1 heterocycles. The predicted octanol–water partition coefficient (Wildman–Crippen LogP) is 1.97. The fourth-order valence-electron chi connectivity index (χ4n) is 1.66. The molecular weight excluding hydrogens is 220 g/mol. The Morgan fingerprint density at radius 1 is 1.47 bits per heavy atom. The van der Waals surface area contributed by atoms with E-state index in [9.17, 15) is 9.90 Å². The molecule has 2 rings (SSSR count). The van der Waals surface area contributed by atoms with Gasteiger partial charge >= 0.3 is 5.97 Å². The monoisotopic (exact) mass is 232 g/mol. The average molecular weight is 232 g/mol. The topological polar surface area (TPSA) is 75.4 Å². The van der Waals surface area contributed by atoms with Crippen LogP contribution in [0.2, 0.25) is 0 Å². The van der Waals surface area contributed by atoms with Gasteiger partial charge in [0.15, 0.2) is 0 Å². The molecule has 0 spiro atoms. The zero-order chi connectivity index (χ0) is 12.4. The van der Waals surface area contributed by atoms with Crippen LogP contribution in [-0.2, 0) is 6.54 Å². The first-order valence-electron chi connectivity index (χ1n) is 5.21. The van der Waals surface area contributed by atoms with Gasteiger partial charge in [0, 0.05) is 18.9 Å². The Hall–Kier alpha value is -2.30. The zero-order valence-corrected chi connectivity index (χ0v) is 9.29. The Labute approximate surface area is 98.0 Å². The number of hydrogen-bond acceptors (Lipinski definition) is 3. The highest BCUT2D eigenvalue weighted by Gasteiger charge is 2.12. The maximum absolute atomic E-state index is 10.7. The zero-order valence-electron chi connectivity index (χ0n) is 9.29. The number of benzene rings is 1. The van der Waals surface area contributed by atoms with E-state index in [1.54, 1.807) is 18.5 Å². The minimum absolute atomic E-state index is 0.0563. The number of aromatic hydroxyl groups is 1. The highest BCUT2D eigenvalue weighted by Crippen LogP contribution is 2.28. The molecular formula is C12H12N2O3. The number of hydrogen-bond donors (Lipinski definition) is 2. The highest BCUT2D eigenvalue weighted by molar-refractivity contribution is 5.89. The van der Waals surface area contributed by atoms with E-state index in [0.717, 1.165) is 6.54 Å². The molecule has 0 aliphatic heterocycles. The molecule has 2 aromatic rings. The van der Waals surface area contributed by atoms with Gasteiger partial charge < -0.3 is 14.8 Å². The van der Waals surface area contributed by atoms with Crippen molar-refractivity contribution in [3.63, 3.8) is 0 Å². The third kappa shape index (κ3) is 1.99. The summed E-state index contributed by atoms with van der Waals surface area (Å²) < 4.78 is 1.87. The molecule has 1 aromatic carbocycles. The quantitative estimate of drug-likeness (QED) is 0.848. The van der Waals surface area contributed by atoms with E-state index in [4.69, 9.17) is 5.11 Å². The molecule has 0 amide bonds. The van der Waals surface area contributed by atoms with Gasteiger partial charge in [0.1, 0.15) is 11.6 Å². The van der Waals surface area contributed by atoms with Crippen LogP contribution >= 0.6 is 0 Å². The Morgan fingerprint density at radius 3 is 2.82 bits per heavy atom. The number of nitrogens with zero attached hydrogens (tertiary/aromatic N) is 2. The number of aromatic nitrogens is 2. The van der Waals surface area contributed by atoms with Gasteiger partial charge in [0.2, 0.25) is 0 Å². The molecule has 0 saturated carbocycles. The number of aromatic carboxylic acids is 1. The molecule has 0 radical (unpaired) electrons. The van der Waals surface area contributed by atoms with Gasteiger partial charge in [0.05, 0.1) is 11.1 Å². The molecule has 2 N–H and O–H groups in total. The van der Waals surface area contributed by atoms with E-state index >= 15 is 0 Å². The lowest BCUT2D eigenvalue weighted by atomic mass is 10.1. The smallest absolute Gasteiger partial charge is 0.335 e. The second-order valence-corrected chi connectivity index (χ2v) is 3.57. The number of imidazole rings is 1. The molecule has 88 valence electrons. The number of carboxylic acids is 1. The molecule has 0 aliphatic carbocycles. The Balaban J connectivity index is 2.50. The second kappa shape index (κ2) is 4.29. The van der Waals surface area contributed by atoms with Gasteiger partial charge in [-0.25, -0.2) is 9.78 Å². The second-order valence-electron chi connectivity index (χ2n) is 3.57. The minimum atomic E-state index is -1.06. The van der Waals surface area contributed by atoms with Crippen molar-refractivity contribution >= 4 is 5.97 Å². The SMILES string of the molecule is CCn1ccnc1-c1ccc(C(=O)O)cc1O. The van der Waals surface area contributed by atoms with Crippen LogP contribution in [-0.4, -0.2) is 25.7 Å². The van der Waals surface area contributed by atoms with Gasteiger partial charge in [-0.05, 0) is 25.1 Å². The lowest BCUT2D eigenvalue weighted by molar-refractivity contribution is 0.0696. The van der Waals surface area contributed by atoms with Crippen LogP contribution < -0.4 is 0 Å². The van der Waals surface area contributed by atoms with Crippen molar-refractivity contribution in [2.45, 2.75) is 13.5 Å². The lowest BCUT2D eigenvalue weighted by Gasteiger charge is -2.07. The maximum Gasteiger partial charge on any atom is 0.335 e. The standard InChI is InChI=1S/C12H12N2O3/c1-2-14-6-5-13-11(14)9-4-3-8(12(16)17)7-10(9)15/h3-7,15H,2H2,1H3,(H,16,17). The number of rotatable bonds is 3. The van der Waals surface area contributed by atoms with Gasteiger partial charge in [-0.1, -0.05) is 0 Å². The van der Waals surface area contributed by atoms with Gasteiger partial charge in [-0.3, -0.25) is 0 Å². The van der Waals surface area contributed by atoms with E-state index in [-0.39, 0.29) is 11.3 Å². The maximum atomic E-state index is 10.7. The van der Waals surface area contributed by atoms with E-state index in [1.807, 2.05) is 11.5 Å². The summed E-state index contributed by atoms with van der Waals surface area (Å²) in [5.74, 6) is -0.515. The summed E-state index contributed by atoms with van der Waals surface area (Å²) in [6.07, 6.45) is 3.45. The molecule has 0 bridgehead atoms. The summed E-state index contributed by atoms with van der Waals surface area (Å²) in [6.45, 7) is 2.70. The first-order valence-corrected chi connectivity index (χ1v) is 5.21. The van der Waals surface area contributed by atoms with E-state index in [1.165, 1.54) is 12.1 Å². The van der Waals surface area contributed by atoms with E-state index < -0.39 is 5.97 Å². The van der Waals surface area contributed by atoms with Crippen LogP contribution in [0.1, 0.15) is 17.3 Å². The fourth-order valence-corrected chi connectivity index (χ4v) is 1.66.